The summed E-state index contributed by atoms with van der Waals surface area (Å²) in [6.07, 6.45) is 2.25. The molecule has 0 aromatic heterocycles. The van der Waals surface area contributed by atoms with Crippen LogP contribution in [0.5, 0.6) is 11.5 Å². The first-order valence-corrected chi connectivity index (χ1v) is 5.75. The van der Waals surface area contributed by atoms with Crippen molar-refractivity contribution < 1.29 is 9.84 Å². The first-order valence-electron chi connectivity index (χ1n) is 5.75. The predicted octanol–water partition coefficient (Wildman–Crippen LogP) is 2.44. The average Bonchev–Trinajstić information content (AvgIpc) is 2.77. The Labute approximate surface area is 96.4 Å². The fourth-order valence-electron chi connectivity index (χ4n) is 2.41. The highest BCUT2D eigenvalue weighted by Crippen LogP contribution is 2.40. The van der Waals surface area contributed by atoms with Crippen molar-refractivity contribution in [2.45, 2.75) is 32.7 Å². The zero-order valence-electron chi connectivity index (χ0n) is 10.1. The van der Waals surface area contributed by atoms with Crippen LogP contribution in [-0.4, -0.2) is 18.8 Å². The summed E-state index contributed by atoms with van der Waals surface area (Å²) in [6.45, 7) is 5.14. The molecule has 0 saturated carbocycles. The van der Waals surface area contributed by atoms with Crippen molar-refractivity contribution in [2.24, 2.45) is 0 Å². The van der Waals surface area contributed by atoms with E-state index in [2.05, 4.69) is 19.2 Å². The number of benzene rings is 1. The summed E-state index contributed by atoms with van der Waals surface area (Å²) >= 11 is 0. The zero-order chi connectivity index (χ0) is 11.7. The largest absolute Gasteiger partial charge is 0.504 e. The Morgan fingerprint density at radius 3 is 2.75 bits per heavy atom. The number of aromatic hydroxyl groups is 1. The summed E-state index contributed by atoms with van der Waals surface area (Å²) < 4.78 is 5.20. The van der Waals surface area contributed by atoms with E-state index in [4.69, 9.17) is 4.74 Å². The molecule has 1 heterocycles. The van der Waals surface area contributed by atoms with Crippen molar-refractivity contribution in [2.75, 3.05) is 13.7 Å². The molecule has 1 aliphatic heterocycles. The van der Waals surface area contributed by atoms with Crippen LogP contribution in [0.25, 0.3) is 0 Å². The van der Waals surface area contributed by atoms with Crippen LogP contribution in [0.15, 0.2) is 6.07 Å². The molecule has 0 spiro atoms. The monoisotopic (exact) mass is 221 g/mol. The maximum Gasteiger partial charge on any atom is 0.162 e. The van der Waals surface area contributed by atoms with E-state index in [1.165, 1.54) is 12.0 Å². The van der Waals surface area contributed by atoms with Gasteiger partial charge in [-0.3, -0.25) is 0 Å². The van der Waals surface area contributed by atoms with Crippen LogP contribution < -0.4 is 10.1 Å². The quantitative estimate of drug-likeness (QED) is 0.806. The summed E-state index contributed by atoms with van der Waals surface area (Å²) in [6, 6.07) is 2.16. The third-order valence-electron chi connectivity index (χ3n) is 3.46. The van der Waals surface area contributed by atoms with Crippen LogP contribution in [0.3, 0.4) is 0 Å². The Balaban J connectivity index is 2.52. The number of phenolic OH excluding ortho intramolecular Hbond substituents is 1. The van der Waals surface area contributed by atoms with E-state index >= 15 is 0 Å². The Kier molecular flexibility index (Phi) is 3.06. The molecule has 1 aromatic rings. The van der Waals surface area contributed by atoms with Gasteiger partial charge in [-0.25, -0.2) is 0 Å². The van der Waals surface area contributed by atoms with Gasteiger partial charge in [-0.2, -0.15) is 0 Å². The lowest BCUT2D eigenvalue weighted by Gasteiger charge is -2.19. The van der Waals surface area contributed by atoms with Gasteiger partial charge in [-0.1, -0.05) is 0 Å². The molecule has 16 heavy (non-hydrogen) atoms. The maximum atomic E-state index is 10.2. The van der Waals surface area contributed by atoms with Gasteiger partial charge < -0.3 is 15.2 Å². The number of rotatable bonds is 2. The molecule has 2 N–H and O–H groups in total. The van der Waals surface area contributed by atoms with Crippen molar-refractivity contribution in [1.29, 1.82) is 0 Å². The van der Waals surface area contributed by atoms with Crippen LogP contribution in [0.2, 0.25) is 0 Å². The first-order chi connectivity index (χ1) is 7.65. The summed E-state index contributed by atoms with van der Waals surface area (Å²) in [5, 5.41) is 13.6. The van der Waals surface area contributed by atoms with Gasteiger partial charge in [0.25, 0.3) is 0 Å². The molecule has 0 aliphatic carbocycles. The summed E-state index contributed by atoms with van der Waals surface area (Å²) in [5.74, 6) is 0.872. The number of ether oxygens (including phenoxy) is 1. The number of hydrogen-bond acceptors (Lipinski definition) is 3. The minimum absolute atomic E-state index is 0.272. The van der Waals surface area contributed by atoms with Gasteiger partial charge in [0.2, 0.25) is 0 Å². The molecule has 2 rings (SSSR count). The molecule has 1 saturated heterocycles. The third-order valence-corrected chi connectivity index (χ3v) is 3.46. The number of hydrogen-bond donors (Lipinski definition) is 2. The molecular formula is C13H19NO2. The van der Waals surface area contributed by atoms with Gasteiger partial charge in [0.1, 0.15) is 0 Å². The van der Waals surface area contributed by atoms with Gasteiger partial charge in [0, 0.05) is 11.6 Å². The second-order valence-electron chi connectivity index (χ2n) is 4.43. The van der Waals surface area contributed by atoms with Crippen molar-refractivity contribution in [3.8, 4) is 11.5 Å². The Bertz CT molecular complexity index is 395. The first kappa shape index (κ1) is 11.3. The second-order valence-corrected chi connectivity index (χ2v) is 4.43. The predicted molar refractivity (Wildman–Crippen MR) is 64.1 cm³/mol. The molecule has 3 nitrogen and oxygen atoms in total. The number of methoxy groups -OCH3 is 1. The SMILES string of the molecule is COc1cc(C)c(C)c(C2CCCN2)c1O. The molecule has 3 heteroatoms. The van der Waals surface area contributed by atoms with E-state index in [0.29, 0.717) is 11.5 Å². The van der Waals surface area contributed by atoms with E-state index < -0.39 is 0 Å². The van der Waals surface area contributed by atoms with E-state index in [1.54, 1.807) is 7.11 Å². The standard InChI is InChI=1S/C13H19NO2/c1-8-7-11(16-3)13(15)12(9(8)2)10-5-4-6-14-10/h7,10,14-15H,4-6H2,1-3H3. The van der Waals surface area contributed by atoms with E-state index in [-0.39, 0.29) is 6.04 Å². The van der Waals surface area contributed by atoms with Crippen molar-refractivity contribution in [1.82, 2.24) is 5.32 Å². The average molecular weight is 221 g/mol. The molecular weight excluding hydrogens is 202 g/mol. The fraction of sp³-hybridized carbons (Fsp3) is 0.538. The van der Waals surface area contributed by atoms with Gasteiger partial charge in [-0.15, -0.1) is 0 Å². The lowest BCUT2D eigenvalue weighted by atomic mass is 9.95. The summed E-state index contributed by atoms with van der Waals surface area (Å²) in [7, 11) is 1.59. The molecule has 0 bridgehead atoms. The van der Waals surface area contributed by atoms with Crippen molar-refractivity contribution >= 4 is 0 Å². The number of phenols is 1. The van der Waals surface area contributed by atoms with Gasteiger partial charge in [0.05, 0.1) is 7.11 Å². The third kappa shape index (κ3) is 1.76. The van der Waals surface area contributed by atoms with Crippen LogP contribution in [0.1, 0.15) is 35.6 Å². The van der Waals surface area contributed by atoms with Crippen LogP contribution in [-0.2, 0) is 0 Å². The van der Waals surface area contributed by atoms with E-state index in [9.17, 15) is 5.11 Å². The molecule has 1 fully saturated rings. The molecule has 1 aliphatic rings. The Hall–Kier alpha value is -1.22. The zero-order valence-corrected chi connectivity index (χ0v) is 10.1. The Morgan fingerprint density at radius 1 is 1.44 bits per heavy atom. The maximum absolute atomic E-state index is 10.2. The Morgan fingerprint density at radius 2 is 2.19 bits per heavy atom. The second kappa shape index (κ2) is 4.34. The summed E-state index contributed by atoms with van der Waals surface area (Å²) in [5.41, 5.74) is 3.34. The van der Waals surface area contributed by atoms with E-state index in [0.717, 1.165) is 24.1 Å². The smallest absolute Gasteiger partial charge is 0.162 e. The van der Waals surface area contributed by atoms with Crippen molar-refractivity contribution in [3.63, 3.8) is 0 Å². The minimum atomic E-state index is 0.272. The number of aryl methyl sites for hydroxylation is 1. The van der Waals surface area contributed by atoms with Crippen molar-refractivity contribution in [3.05, 3.63) is 22.8 Å². The normalized spacial score (nSPS) is 20.1. The molecule has 0 radical (unpaired) electrons. The fourth-order valence-corrected chi connectivity index (χ4v) is 2.41. The highest BCUT2D eigenvalue weighted by atomic mass is 16.5. The highest BCUT2D eigenvalue weighted by Gasteiger charge is 2.24. The molecule has 1 aromatic carbocycles. The lowest BCUT2D eigenvalue weighted by molar-refractivity contribution is 0.366. The summed E-state index contributed by atoms with van der Waals surface area (Å²) in [4.78, 5) is 0. The lowest BCUT2D eigenvalue weighted by Crippen LogP contribution is -2.15. The topological polar surface area (TPSA) is 41.5 Å². The molecule has 88 valence electrons. The molecule has 1 unspecified atom stereocenters. The van der Waals surface area contributed by atoms with E-state index in [1.807, 2.05) is 6.07 Å². The van der Waals surface area contributed by atoms with Gasteiger partial charge >= 0.3 is 0 Å². The highest BCUT2D eigenvalue weighted by molar-refractivity contribution is 5.54. The van der Waals surface area contributed by atoms with Crippen LogP contribution in [0, 0.1) is 13.8 Å². The minimum Gasteiger partial charge on any atom is -0.504 e. The van der Waals surface area contributed by atoms with Crippen LogP contribution >= 0.6 is 0 Å². The van der Waals surface area contributed by atoms with Crippen LogP contribution in [0.4, 0.5) is 0 Å². The molecule has 1 atom stereocenters. The number of nitrogens with one attached hydrogen (secondary N) is 1. The molecule has 0 amide bonds. The van der Waals surface area contributed by atoms with Gasteiger partial charge in [-0.05, 0) is 50.4 Å². The van der Waals surface area contributed by atoms with Gasteiger partial charge in [0.15, 0.2) is 11.5 Å².